The Morgan fingerprint density at radius 3 is 2.38 bits per heavy atom. The van der Waals surface area contributed by atoms with E-state index in [0.29, 0.717) is 6.42 Å². The molecule has 21 heavy (non-hydrogen) atoms. The molecule has 1 unspecified atom stereocenters. The molecule has 4 nitrogen and oxygen atoms in total. The van der Waals surface area contributed by atoms with E-state index in [2.05, 4.69) is 0 Å². The molecule has 0 bridgehead atoms. The average Bonchev–Trinajstić information content (AvgIpc) is 2.67. The highest BCUT2D eigenvalue weighted by molar-refractivity contribution is 6.02. The van der Waals surface area contributed by atoms with E-state index < -0.39 is 12.0 Å². The summed E-state index contributed by atoms with van der Waals surface area (Å²) in [7, 11) is 0. The minimum atomic E-state index is -0.909. The van der Waals surface area contributed by atoms with E-state index in [9.17, 15) is 14.7 Å². The molecule has 0 aromatic heterocycles. The lowest BCUT2D eigenvalue weighted by Gasteiger charge is -2.27. The van der Waals surface area contributed by atoms with Gasteiger partial charge in [0.05, 0.1) is 0 Å². The van der Waals surface area contributed by atoms with Crippen molar-refractivity contribution in [3.63, 3.8) is 0 Å². The van der Waals surface area contributed by atoms with Gasteiger partial charge in [0.1, 0.15) is 6.04 Å². The fraction of sp³-hybridized carbons (Fsp3) is 0.529. The Bertz CT molecular complexity index is 547. The number of benzene rings is 1. The number of rotatable bonds is 2. The Hall–Kier alpha value is -1.84. The normalized spacial score (nSPS) is 22.7. The van der Waals surface area contributed by atoms with E-state index in [1.54, 1.807) is 4.90 Å². The number of nitrogens with zero attached hydrogens (tertiary/aromatic N) is 1. The molecule has 1 fully saturated rings. The molecule has 1 aliphatic carbocycles. The second kappa shape index (κ2) is 5.88. The topological polar surface area (TPSA) is 57.6 Å². The van der Waals surface area contributed by atoms with E-state index >= 15 is 0 Å². The maximum Gasteiger partial charge on any atom is 0.327 e. The molecule has 1 heterocycles. The SMILES string of the molecule is O=C(O)C1Cc2ccccc2N1C(=O)C1CCCCCC1. The van der Waals surface area contributed by atoms with Crippen LogP contribution in [-0.4, -0.2) is 23.0 Å². The van der Waals surface area contributed by atoms with Crippen molar-refractivity contribution in [1.82, 2.24) is 0 Å². The molecule has 4 heteroatoms. The molecule has 0 radical (unpaired) electrons. The number of aliphatic carboxylic acids is 1. The smallest absolute Gasteiger partial charge is 0.327 e. The van der Waals surface area contributed by atoms with Crippen LogP contribution in [-0.2, 0) is 16.0 Å². The van der Waals surface area contributed by atoms with E-state index in [4.69, 9.17) is 0 Å². The zero-order valence-electron chi connectivity index (χ0n) is 12.1. The van der Waals surface area contributed by atoms with E-state index in [-0.39, 0.29) is 11.8 Å². The summed E-state index contributed by atoms with van der Waals surface area (Å²) in [6.07, 6.45) is 6.72. The monoisotopic (exact) mass is 287 g/mol. The van der Waals surface area contributed by atoms with Crippen LogP contribution in [0.15, 0.2) is 24.3 Å². The third kappa shape index (κ3) is 2.67. The zero-order valence-corrected chi connectivity index (χ0v) is 12.1. The number of amides is 1. The van der Waals surface area contributed by atoms with E-state index in [1.165, 1.54) is 12.8 Å². The van der Waals surface area contributed by atoms with Crippen molar-refractivity contribution in [3.8, 4) is 0 Å². The number of hydrogen-bond donors (Lipinski definition) is 1. The summed E-state index contributed by atoms with van der Waals surface area (Å²) in [6, 6.07) is 6.82. The summed E-state index contributed by atoms with van der Waals surface area (Å²) < 4.78 is 0. The Labute approximate surface area is 124 Å². The summed E-state index contributed by atoms with van der Waals surface area (Å²) in [5, 5.41) is 9.46. The van der Waals surface area contributed by atoms with Gasteiger partial charge in [0.2, 0.25) is 5.91 Å². The van der Waals surface area contributed by atoms with Gasteiger partial charge in [-0.3, -0.25) is 9.69 Å². The van der Waals surface area contributed by atoms with Crippen LogP contribution < -0.4 is 4.90 Å². The van der Waals surface area contributed by atoms with Gasteiger partial charge in [0, 0.05) is 18.0 Å². The van der Waals surface area contributed by atoms with Crippen molar-refractivity contribution >= 4 is 17.6 Å². The Kier molecular flexibility index (Phi) is 3.95. The molecule has 1 aliphatic heterocycles. The summed E-state index contributed by atoms with van der Waals surface area (Å²) in [6.45, 7) is 0. The highest BCUT2D eigenvalue weighted by atomic mass is 16.4. The van der Waals surface area contributed by atoms with Crippen LogP contribution >= 0.6 is 0 Å². The standard InChI is InChI=1S/C17H21NO3/c19-16(12-7-3-1-2-4-8-12)18-14-10-6-5-9-13(14)11-15(18)17(20)21/h5-6,9-10,12,15H,1-4,7-8,11H2,(H,20,21). The largest absolute Gasteiger partial charge is 0.480 e. The molecule has 0 spiro atoms. The maximum atomic E-state index is 12.9. The zero-order chi connectivity index (χ0) is 14.8. The third-order valence-corrected chi connectivity index (χ3v) is 4.70. The van der Waals surface area contributed by atoms with Gasteiger partial charge >= 0.3 is 5.97 Å². The van der Waals surface area contributed by atoms with Crippen LogP contribution in [0.4, 0.5) is 5.69 Å². The van der Waals surface area contributed by atoms with Crippen LogP contribution in [0.2, 0.25) is 0 Å². The van der Waals surface area contributed by atoms with Crippen LogP contribution in [0, 0.1) is 5.92 Å². The van der Waals surface area contributed by atoms with Crippen LogP contribution in [0.3, 0.4) is 0 Å². The predicted octanol–water partition coefficient (Wildman–Crippen LogP) is 3.00. The number of para-hydroxylation sites is 1. The second-order valence-corrected chi connectivity index (χ2v) is 6.08. The Morgan fingerprint density at radius 2 is 1.71 bits per heavy atom. The minimum Gasteiger partial charge on any atom is -0.480 e. The first kappa shape index (κ1) is 14.1. The van der Waals surface area contributed by atoms with Crippen molar-refractivity contribution in [2.45, 2.75) is 51.0 Å². The summed E-state index contributed by atoms with van der Waals surface area (Å²) in [4.78, 5) is 26.0. The molecule has 1 aromatic rings. The molecule has 1 saturated carbocycles. The van der Waals surface area contributed by atoms with Gasteiger partial charge in [0.15, 0.2) is 0 Å². The highest BCUT2D eigenvalue weighted by Crippen LogP contribution is 2.35. The predicted molar refractivity (Wildman–Crippen MR) is 80.2 cm³/mol. The van der Waals surface area contributed by atoms with Crippen molar-refractivity contribution in [2.75, 3.05) is 4.90 Å². The van der Waals surface area contributed by atoms with Gasteiger partial charge in [-0.2, -0.15) is 0 Å². The summed E-state index contributed by atoms with van der Waals surface area (Å²) in [5.74, 6) is -0.914. The maximum absolute atomic E-state index is 12.9. The minimum absolute atomic E-state index is 0.00856. The number of hydrogen-bond acceptors (Lipinski definition) is 2. The number of fused-ring (bicyclic) bond motifs is 1. The molecule has 0 saturated heterocycles. The number of anilines is 1. The average molecular weight is 287 g/mol. The van der Waals surface area contributed by atoms with Crippen LogP contribution in [0.1, 0.15) is 44.1 Å². The molecule has 2 aliphatic rings. The van der Waals surface area contributed by atoms with Crippen molar-refractivity contribution < 1.29 is 14.7 Å². The number of carbonyl (C=O) groups excluding carboxylic acids is 1. The molecular weight excluding hydrogens is 266 g/mol. The van der Waals surface area contributed by atoms with Gasteiger partial charge in [-0.25, -0.2) is 4.79 Å². The fourth-order valence-electron chi connectivity index (χ4n) is 3.58. The van der Waals surface area contributed by atoms with Crippen LogP contribution in [0.25, 0.3) is 0 Å². The van der Waals surface area contributed by atoms with Gasteiger partial charge in [0.25, 0.3) is 0 Å². The Morgan fingerprint density at radius 1 is 1.05 bits per heavy atom. The van der Waals surface area contributed by atoms with Gasteiger partial charge in [-0.05, 0) is 24.5 Å². The van der Waals surface area contributed by atoms with E-state index in [1.807, 2.05) is 24.3 Å². The lowest BCUT2D eigenvalue weighted by molar-refractivity contribution is -0.140. The second-order valence-electron chi connectivity index (χ2n) is 6.08. The number of carboxylic acid groups (broad SMARTS) is 1. The molecule has 112 valence electrons. The molecule has 1 atom stereocenters. The Balaban J connectivity index is 1.89. The first-order chi connectivity index (χ1) is 10.2. The first-order valence-electron chi connectivity index (χ1n) is 7.82. The molecule has 1 N–H and O–H groups in total. The third-order valence-electron chi connectivity index (χ3n) is 4.70. The van der Waals surface area contributed by atoms with Crippen LogP contribution in [0.5, 0.6) is 0 Å². The molecule has 1 aromatic carbocycles. The lowest BCUT2D eigenvalue weighted by Crippen LogP contribution is -2.45. The quantitative estimate of drug-likeness (QED) is 0.851. The number of carbonyl (C=O) groups is 2. The summed E-state index contributed by atoms with van der Waals surface area (Å²) >= 11 is 0. The fourth-order valence-corrected chi connectivity index (χ4v) is 3.58. The van der Waals surface area contributed by atoms with Gasteiger partial charge < -0.3 is 5.11 Å². The van der Waals surface area contributed by atoms with Gasteiger partial charge in [-0.1, -0.05) is 43.9 Å². The van der Waals surface area contributed by atoms with Gasteiger partial charge in [-0.15, -0.1) is 0 Å². The van der Waals surface area contributed by atoms with Crippen molar-refractivity contribution in [1.29, 1.82) is 0 Å². The van der Waals surface area contributed by atoms with E-state index in [0.717, 1.165) is 36.9 Å². The number of carboxylic acids is 1. The highest BCUT2D eigenvalue weighted by Gasteiger charge is 2.40. The molecular formula is C17H21NO3. The summed E-state index contributed by atoms with van der Waals surface area (Å²) in [5.41, 5.74) is 1.76. The lowest BCUT2D eigenvalue weighted by atomic mass is 9.98. The van der Waals surface area contributed by atoms with Crippen molar-refractivity contribution in [2.24, 2.45) is 5.92 Å². The molecule has 1 amide bonds. The molecule has 3 rings (SSSR count). The first-order valence-corrected chi connectivity index (χ1v) is 7.82. The van der Waals surface area contributed by atoms with Crippen molar-refractivity contribution in [3.05, 3.63) is 29.8 Å².